The van der Waals surface area contributed by atoms with Gasteiger partial charge in [-0.1, -0.05) is 32.0 Å². The first-order valence-corrected chi connectivity index (χ1v) is 9.15. The zero-order valence-electron chi connectivity index (χ0n) is 15.8. The molecule has 0 radical (unpaired) electrons. The summed E-state index contributed by atoms with van der Waals surface area (Å²) in [5.74, 6) is -1.41. The molecule has 0 bridgehead atoms. The highest BCUT2D eigenvalue weighted by Crippen LogP contribution is 2.19. The van der Waals surface area contributed by atoms with Crippen LogP contribution >= 0.6 is 0 Å². The third-order valence-electron chi connectivity index (χ3n) is 4.49. The number of para-hydroxylation sites is 1. The topological polar surface area (TPSA) is 115 Å². The second kappa shape index (κ2) is 8.12. The summed E-state index contributed by atoms with van der Waals surface area (Å²) in [6.45, 7) is 4.01. The molecule has 28 heavy (non-hydrogen) atoms. The number of carbonyl (C=O) groups excluding carboxylic acids is 1. The van der Waals surface area contributed by atoms with Crippen LogP contribution in [-0.4, -0.2) is 33.0 Å². The first kappa shape index (κ1) is 19.4. The summed E-state index contributed by atoms with van der Waals surface area (Å²) in [6, 6.07) is 9.24. The van der Waals surface area contributed by atoms with Crippen molar-refractivity contribution in [2.45, 2.75) is 32.7 Å². The molecule has 1 unspecified atom stereocenters. The van der Waals surface area contributed by atoms with E-state index in [-0.39, 0.29) is 17.5 Å². The minimum Gasteiger partial charge on any atom is -0.480 e. The maximum absolute atomic E-state index is 12.6. The zero-order valence-corrected chi connectivity index (χ0v) is 15.8. The lowest BCUT2D eigenvalue weighted by Crippen LogP contribution is -2.42. The Morgan fingerprint density at radius 2 is 1.89 bits per heavy atom. The zero-order chi connectivity index (χ0) is 20.3. The molecule has 0 saturated heterocycles. The lowest BCUT2D eigenvalue weighted by molar-refractivity contribution is -0.139. The van der Waals surface area contributed by atoms with Crippen molar-refractivity contribution in [2.24, 2.45) is 5.92 Å². The van der Waals surface area contributed by atoms with E-state index >= 15 is 0 Å². The van der Waals surface area contributed by atoms with Crippen molar-refractivity contribution in [2.75, 3.05) is 0 Å². The normalized spacial score (nSPS) is 12.2. The number of carboxylic acid groups (broad SMARTS) is 1. The Labute approximate surface area is 161 Å². The van der Waals surface area contributed by atoms with Gasteiger partial charge in [-0.3, -0.25) is 9.59 Å². The van der Waals surface area contributed by atoms with Gasteiger partial charge in [0.2, 0.25) is 5.56 Å². The third-order valence-corrected chi connectivity index (χ3v) is 4.49. The van der Waals surface area contributed by atoms with Gasteiger partial charge in [0.05, 0.1) is 0 Å². The Morgan fingerprint density at radius 1 is 1.14 bits per heavy atom. The van der Waals surface area contributed by atoms with Crippen molar-refractivity contribution in [3.05, 3.63) is 69.8 Å². The van der Waals surface area contributed by atoms with Crippen molar-refractivity contribution in [3.63, 3.8) is 0 Å². The van der Waals surface area contributed by atoms with Gasteiger partial charge in [0, 0.05) is 40.8 Å². The molecule has 3 aromatic rings. The molecule has 4 N–H and O–H groups in total. The van der Waals surface area contributed by atoms with Gasteiger partial charge in [-0.2, -0.15) is 0 Å². The number of rotatable bonds is 7. The minimum absolute atomic E-state index is 0.132. The second-order valence-electron chi connectivity index (χ2n) is 7.28. The molecular formula is C21H23N3O4. The van der Waals surface area contributed by atoms with Gasteiger partial charge in [0.15, 0.2) is 0 Å². The Bertz CT molecular complexity index is 1060. The second-order valence-corrected chi connectivity index (χ2v) is 7.28. The molecule has 0 saturated carbocycles. The molecule has 2 aromatic heterocycles. The predicted octanol–water partition coefficient (Wildman–Crippen LogP) is 2.48. The lowest BCUT2D eigenvalue weighted by atomic mass is 10.0. The molecule has 0 aliphatic carbocycles. The number of nitrogens with one attached hydrogen (secondary N) is 3. The summed E-state index contributed by atoms with van der Waals surface area (Å²) >= 11 is 0. The Kier molecular flexibility index (Phi) is 5.63. The number of carbonyl (C=O) groups is 2. The molecule has 146 valence electrons. The van der Waals surface area contributed by atoms with E-state index in [4.69, 9.17) is 0 Å². The van der Waals surface area contributed by atoms with Gasteiger partial charge in [0.1, 0.15) is 6.04 Å². The highest BCUT2D eigenvalue weighted by Gasteiger charge is 2.23. The fourth-order valence-electron chi connectivity index (χ4n) is 3.24. The van der Waals surface area contributed by atoms with E-state index in [2.05, 4.69) is 15.3 Å². The van der Waals surface area contributed by atoms with E-state index in [9.17, 15) is 19.5 Å². The maximum Gasteiger partial charge on any atom is 0.326 e. The van der Waals surface area contributed by atoms with Crippen LogP contribution < -0.4 is 10.9 Å². The van der Waals surface area contributed by atoms with Gasteiger partial charge < -0.3 is 20.4 Å². The summed E-state index contributed by atoms with van der Waals surface area (Å²) < 4.78 is 0. The van der Waals surface area contributed by atoms with Crippen molar-refractivity contribution >= 4 is 22.8 Å². The number of fused-ring (bicyclic) bond motifs is 1. The van der Waals surface area contributed by atoms with E-state index in [1.165, 1.54) is 6.07 Å². The molecule has 1 aromatic carbocycles. The van der Waals surface area contributed by atoms with Crippen molar-refractivity contribution in [1.82, 2.24) is 15.3 Å². The van der Waals surface area contributed by atoms with Gasteiger partial charge in [0.25, 0.3) is 5.91 Å². The number of pyridine rings is 1. The molecule has 0 aliphatic heterocycles. The van der Waals surface area contributed by atoms with Crippen LogP contribution in [0.25, 0.3) is 10.9 Å². The largest absolute Gasteiger partial charge is 0.480 e. The summed E-state index contributed by atoms with van der Waals surface area (Å²) in [7, 11) is 0. The number of amides is 1. The molecule has 2 heterocycles. The van der Waals surface area contributed by atoms with Crippen molar-refractivity contribution < 1.29 is 14.7 Å². The Hall–Kier alpha value is -3.35. The number of H-pyrrole nitrogens is 2. The van der Waals surface area contributed by atoms with E-state index < -0.39 is 17.9 Å². The van der Waals surface area contributed by atoms with Crippen LogP contribution in [0.4, 0.5) is 0 Å². The SMILES string of the molecule is CC(C)Cc1cc(C(=O)NC(Cc2c[nH]c3ccccc23)C(=O)O)cc(=O)[nH]1. The van der Waals surface area contributed by atoms with Crippen molar-refractivity contribution in [3.8, 4) is 0 Å². The molecule has 7 heteroatoms. The van der Waals surface area contributed by atoms with Gasteiger partial charge in [-0.15, -0.1) is 0 Å². The number of carboxylic acids is 1. The van der Waals surface area contributed by atoms with Crippen LogP contribution in [0, 0.1) is 5.92 Å². The summed E-state index contributed by atoms with van der Waals surface area (Å²) in [5.41, 5.74) is 2.13. The molecule has 1 atom stereocenters. The maximum atomic E-state index is 12.6. The average Bonchev–Trinajstić information content (AvgIpc) is 3.03. The minimum atomic E-state index is -1.13. The third kappa shape index (κ3) is 4.49. The number of hydrogen-bond acceptors (Lipinski definition) is 3. The summed E-state index contributed by atoms with van der Waals surface area (Å²) in [6.07, 6.45) is 2.50. The van der Waals surface area contributed by atoms with Gasteiger partial charge in [-0.05, 0) is 30.0 Å². The van der Waals surface area contributed by atoms with Gasteiger partial charge in [-0.25, -0.2) is 4.79 Å². The van der Waals surface area contributed by atoms with E-state index in [0.29, 0.717) is 18.0 Å². The van der Waals surface area contributed by atoms with E-state index in [1.807, 2.05) is 38.1 Å². The Morgan fingerprint density at radius 3 is 2.61 bits per heavy atom. The molecule has 1 amide bonds. The van der Waals surface area contributed by atoms with Crippen LogP contribution in [0.3, 0.4) is 0 Å². The number of benzene rings is 1. The van der Waals surface area contributed by atoms with Crippen LogP contribution in [0.1, 0.15) is 35.5 Å². The molecule has 0 aliphatic rings. The summed E-state index contributed by atoms with van der Waals surface area (Å²) in [4.78, 5) is 42.0. The monoisotopic (exact) mass is 381 g/mol. The van der Waals surface area contributed by atoms with Crippen molar-refractivity contribution in [1.29, 1.82) is 0 Å². The van der Waals surface area contributed by atoms with Crippen LogP contribution in [0.2, 0.25) is 0 Å². The molecule has 7 nitrogen and oxygen atoms in total. The van der Waals surface area contributed by atoms with Gasteiger partial charge >= 0.3 is 5.97 Å². The first-order chi connectivity index (χ1) is 13.3. The van der Waals surface area contributed by atoms with Crippen LogP contribution in [0.5, 0.6) is 0 Å². The standard InChI is InChI=1S/C21H23N3O4/c1-12(2)7-15-8-13(10-19(25)23-15)20(26)24-18(21(27)28)9-14-11-22-17-6-4-3-5-16(14)17/h3-6,8,10-12,18,22H,7,9H2,1-2H3,(H,23,25)(H,24,26)(H,27,28). The van der Waals surface area contributed by atoms with E-state index in [0.717, 1.165) is 16.5 Å². The highest BCUT2D eigenvalue weighted by atomic mass is 16.4. The fraction of sp³-hybridized carbons (Fsp3) is 0.286. The Balaban J connectivity index is 1.81. The highest BCUT2D eigenvalue weighted by molar-refractivity contribution is 5.96. The van der Waals surface area contributed by atoms with Crippen LogP contribution in [-0.2, 0) is 17.6 Å². The number of aliphatic carboxylic acids is 1. The fourth-order valence-corrected chi connectivity index (χ4v) is 3.24. The molecule has 0 fully saturated rings. The number of hydrogen-bond donors (Lipinski definition) is 4. The first-order valence-electron chi connectivity index (χ1n) is 9.15. The number of aromatic amines is 2. The van der Waals surface area contributed by atoms with E-state index in [1.54, 1.807) is 12.3 Å². The molecule has 0 spiro atoms. The number of aromatic nitrogens is 2. The quantitative estimate of drug-likeness (QED) is 0.503. The molecule has 3 rings (SSSR count). The molecular weight excluding hydrogens is 358 g/mol. The smallest absolute Gasteiger partial charge is 0.326 e. The average molecular weight is 381 g/mol. The lowest BCUT2D eigenvalue weighted by Gasteiger charge is -2.15. The van der Waals surface area contributed by atoms with Crippen LogP contribution in [0.15, 0.2) is 47.4 Å². The summed E-state index contributed by atoms with van der Waals surface area (Å²) in [5, 5.41) is 13.0. The predicted molar refractivity (Wildman–Crippen MR) is 106 cm³/mol.